The second kappa shape index (κ2) is 42.1. The molecule has 482 valence electrons. The van der Waals surface area contributed by atoms with Crippen molar-refractivity contribution in [2.75, 3.05) is 0 Å². The van der Waals surface area contributed by atoms with Crippen LogP contribution >= 0.6 is 0 Å². The minimum absolute atomic E-state index is 0.146. The van der Waals surface area contributed by atoms with Gasteiger partial charge in [-0.2, -0.15) is 0 Å². The lowest BCUT2D eigenvalue weighted by molar-refractivity contribution is -0.223. The fourth-order valence-corrected chi connectivity index (χ4v) is 11.9. The number of hydrogen-bond donors (Lipinski definition) is 4. The molecule has 0 aromatic carbocycles. The summed E-state index contributed by atoms with van der Waals surface area (Å²) in [7, 11) is 0. The van der Waals surface area contributed by atoms with Gasteiger partial charge in [-0.1, -0.05) is 281 Å². The first-order valence-corrected chi connectivity index (χ1v) is 33.5. The fourth-order valence-electron chi connectivity index (χ4n) is 11.9. The van der Waals surface area contributed by atoms with Gasteiger partial charge in [0.2, 0.25) is 0 Å². The maximum atomic E-state index is 12.9. The third-order valence-electron chi connectivity index (χ3n) is 17.4. The van der Waals surface area contributed by atoms with Crippen LogP contribution in [0.5, 0.6) is 0 Å². The summed E-state index contributed by atoms with van der Waals surface area (Å²) in [6, 6.07) is 0. The number of carbonyl (C=O) groups excluding carboxylic acids is 2. The Morgan fingerprint density at radius 1 is 0.395 bits per heavy atom. The monoisotopic (exact) mass is 1190 g/mol. The van der Waals surface area contributed by atoms with Gasteiger partial charge in [0.15, 0.2) is 0 Å². The van der Waals surface area contributed by atoms with Gasteiger partial charge in [-0.25, -0.2) is 0 Å². The standard InChI is InChI=1S/C78H122O8/c1-13-15-17-19-21-23-25-27-28-29-30-31-32-34-36-38-40-42-44-56-72(80)86-70-62-74(9,10)78(84,76(12,82)64-70)60-58-68(6)54-48-52-66(4)50-46-45-49-65(3)51-47-53-67(5)57-59-77(83)73(7,8)61-69(63-75(77,11)81)85-71(79)55-43-41-39-37-35-33-26-24-22-20-18-16-14-2/h15,17,21,23,27-28,30-31,34,36,45-54,57-60,69-70,81-84H,13-14,16,18-20,22,24-26,29,32-33,35,37-44,55-56,61-64H2,1-12H3/b17-15-,23-21-,28-27-,31-30-,36-34-,46-45+,51-47+,52-48+,59-57+,60-58+,65-49+,66-50+,67-53+,68-54+/t69-,70-,75+,76+,77+,78+/m0/s1. The van der Waals surface area contributed by atoms with Crippen molar-refractivity contribution in [3.63, 3.8) is 0 Å². The van der Waals surface area contributed by atoms with Crippen LogP contribution in [-0.4, -0.2) is 67.0 Å². The predicted octanol–water partition coefficient (Wildman–Crippen LogP) is 20.2. The molecular formula is C78H122O8. The Hall–Kier alpha value is -4.86. The van der Waals surface area contributed by atoms with Crippen LogP contribution in [0.25, 0.3) is 0 Å². The van der Waals surface area contributed by atoms with E-state index in [4.69, 9.17) is 9.47 Å². The van der Waals surface area contributed by atoms with E-state index in [-0.39, 0.29) is 24.8 Å². The van der Waals surface area contributed by atoms with Crippen molar-refractivity contribution in [3.05, 3.63) is 168 Å². The van der Waals surface area contributed by atoms with Gasteiger partial charge in [-0.15, -0.1) is 0 Å². The van der Waals surface area contributed by atoms with Crippen molar-refractivity contribution >= 4 is 11.9 Å². The minimum atomic E-state index is -1.55. The van der Waals surface area contributed by atoms with Gasteiger partial charge >= 0.3 is 11.9 Å². The second-order valence-electron chi connectivity index (χ2n) is 26.6. The van der Waals surface area contributed by atoms with Gasteiger partial charge in [0, 0.05) is 36.5 Å². The molecule has 0 aromatic heterocycles. The lowest BCUT2D eigenvalue weighted by Gasteiger charge is -2.55. The van der Waals surface area contributed by atoms with Crippen molar-refractivity contribution < 1.29 is 39.5 Å². The average Bonchev–Trinajstić information content (AvgIpc) is 1.30. The minimum Gasteiger partial charge on any atom is -0.462 e. The summed E-state index contributed by atoms with van der Waals surface area (Å²) in [4.78, 5) is 25.7. The molecule has 2 aliphatic carbocycles. The van der Waals surface area contributed by atoms with Crippen LogP contribution in [0, 0.1) is 10.8 Å². The van der Waals surface area contributed by atoms with Crippen LogP contribution < -0.4 is 0 Å². The van der Waals surface area contributed by atoms with Crippen LogP contribution in [-0.2, 0) is 19.1 Å². The maximum absolute atomic E-state index is 12.9. The molecule has 0 heterocycles. The van der Waals surface area contributed by atoms with Crippen LogP contribution in [0.1, 0.15) is 263 Å². The predicted molar refractivity (Wildman–Crippen MR) is 366 cm³/mol. The Morgan fingerprint density at radius 2 is 0.709 bits per heavy atom. The molecule has 0 spiro atoms. The molecule has 0 bridgehead atoms. The Bertz CT molecular complexity index is 2360. The first kappa shape index (κ1) is 77.2. The van der Waals surface area contributed by atoms with Crippen molar-refractivity contribution in [1.29, 1.82) is 0 Å². The molecule has 86 heavy (non-hydrogen) atoms. The first-order chi connectivity index (χ1) is 40.8. The van der Waals surface area contributed by atoms with Crippen molar-refractivity contribution in [3.8, 4) is 0 Å². The van der Waals surface area contributed by atoms with Crippen molar-refractivity contribution in [1.82, 2.24) is 0 Å². The lowest BCUT2D eigenvalue weighted by Crippen LogP contribution is -2.65. The molecule has 0 amide bonds. The third-order valence-corrected chi connectivity index (χ3v) is 17.4. The molecule has 0 aromatic rings. The number of carbonyl (C=O) groups is 2. The number of unbranched alkanes of at least 4 members (excludes halogenated alkanes) is 15. The van der Waals surface area contributed by atoms with E-state index in [1.54, 1.807) is 26.0 Å². The molecule has 0 radical (unpaired) electrons. The summed E-state index contributed by atoms with van der Waals surface area (Å²) in [5.74, 6) is -0.471. The number of aliphatic hydroxyl groups is 4. The van der Waals surface area contributed by atoms with E-state index in [9.17, 15) is 30.0 Å². The summed E-state index contributed by atoms with van der Waals surface area (Å²) in [5, 5.41) is 47.4. The Kier molecular flexibility index (Phi) is 37.8. The second-order valence-corrected chi connectivity index (χ2v) is 26.6. The normalized spacial score (nSPS) is 25.5. The van der Waals surface area contributed by atoms with Gasteiger partial charge in [-0.3, -0.25) is 9.59 Å². The number of rotatable bonds is 41. The van der Waals surface area contributed by atoms with E-state index in [1.165, 1.54) is 64.2 Å². The summed E-state index contributed by atoms with van der Waals surface area (Å²) in [5.41, 5.74) is -3.69. The molecule has 6 atom stereocenters. The summed E-state index contributed by atoms with van der Waals surface area (Å²) in [6.45, 7) is 23.4. The first-order valence-electron chi connectivity index (χ1n) is 33.5. The average molecular weight is 1190 g/mol. The molecule has 2 fully saturated rings. The lowest BCUT2D eigenvalue weighted by atomic mass is 9.57. The SMILES string of the molecule is CC/C=C\C/C=C\C/C=C\C/C=C\C/C=C\CCCCCC(=O)O[C@H]1CC(C)(C)[C@](O)(/C=C/C(C)=C/C=C/C(C)=C/C=C/C=C(C)/C=C/C=C(C)/C=C/[C@@]2(O)C(C)(C)C[C@H](OC(=O)CCCCCCCCCCCCCCC)C[C@@]2(C)O)[C@](C)(O)C1. The highest BCUT2D eigenvalue weighted by molar-refractivity contribution is 5.70. The zero-order valence-electron chi connectivity index (χ0n) is 56.2. The van der Waals surface area contributed by atoms with Gasteiger partial charge < -0.3 is 29.9 Å². The molecule has 4 N–H and O–H groups in total. The topological polar surface area (TPSA) is 134 Å². The largest absolute Gasteiger partial charge is 0.462 e. The van der Waals surface area contributed by atoms with Crippen LogP contribution in [0.4, 0.5) is 0 Å². The molecule has 8 heteroatoms. The molecule has 0 saturated heterocycles. The smallest absolute Gasteiger partial charge is 0.306 e. The fraction of sp³-hybridized carbons (Fsp3) is 0.615. The summed E-state index contributed by atoms with van der Waals surface area (Å²) < 4.78 is 11.8. The highest BCUT2D eigenvalue weighted by atomic mass is 16.5. The molecule has 2 rings (SSSR count). The molecule has 0 aliphatic heterocycles. The van der Waals surface area contributed by atoms with Crippen molar-refractivity contribution in [2.24, 2.45) is 10.8 Å². The highest BCUT2D eigenvalue weighted by Gasteiger charge is 2.60. The Labute approximate surface area is 525 Å². The zero-order chi connectivity index (χ0) is 63.8. The molecule has 0 unspecified atom stereocenters. The molecule has 2 aliphatic rings. The summed E-state index contributed by atoms with van der Waals surface area (Å²) >= 11 is 0. The Morgan fingerprint density at radius 3 is 1.07 bits per heavy atom. The van der Waals surface area contributed by atoms with Crippen molar-refractivity contribution in [2.45, 2.75) is 297 Å². The number of hydrogen-bond acceptors (Lipinski definition) is 8. The Balaban J connectivity index is 1.78. The van der Waals surface area contributed by atoms with Crippen LogP contribution in [0.2, 0.25) is 0 Å². The molecule has 2 saturated carbocycles. The van der Waals surface area contributed by atoms with Crippen LogP contribution in [0.3, 0.4) is 0 Å². The van der Waals surface area contributed by atoms with E-state index >= 15 is 0 Å². The van der Waals surface area contributed by atoms with E-state index in [0.29, 0.717) is 25.7 Å². The summed E-state index contributed by atoms with van der Waals surface area (Å²) in [6.07, 6.45) is 75.0. The van der Waals surface area contributed by atoms with Gasteiger partial charge in [0.25, 0.3) is 0 Å². The molecular weight excluding hydrogens is 1060 g/mol. The zero-order valence-corrected chi connectivity index (χ0v) is 56.2. The van der Waals surface area contributed by atoms with Gasteiger partial charge in [0.1, 0.15) is 23.4 Å². The van der Waals surface area contributed by atoms with E-state index in [0.717, 1.165) is 99.3 Å². The highest BCUT2D eigenvalue weighted by Crippen LogP contribution is 2.52. The van der Waals surface area contributed by atoms with Crippen LogP contribution in [0.15, 0.2) is 168 Å². The third kappa shape index (κ3) is 30.4. The number of esters is 2. The van der Waals surface area contributed by atoms with Gasteiger partial charge in [-0.05, 0) is 124 Å². The molecule has 8 nitrogen and oxygen atoms in total. The number of allylic oxidation sites excluding steroid dienone is 26. The van der Waals surface area contributed by atoms with E-state index in [2.05, 4.69) is 74.6 Å². The quantitative estimate of drug-likeness (QED) is 0.0206. The van der Waals surface area contributed by atoms with E-state index in [1.807, 2.05) is 128 Å². The maximum Gasteiger partial charge on any atom is 0.306 e. The number of ether oxygens (including phenoxy) is 2. The van der Waals surface area contributed by atoms with Gasteiger partial charge in [0.05, 0.1) is 11.2 Å². The van der Waals surface area contributed by atoms with E-state index < -0.39 is 45.4 Å².